The van der Waals surface area contributed by atoms with Crippen molar-refractivity contribution in [3.8, 4) is 5.75 Å². The van der Waals surface area contributed by atoms with Crippen LogP contribution in [-0.2, 0) is 23.9 Å². The second-order valence-corrected chi connectivity index (χ2v) is 9.79. The number of anilines is 1. The van der Waals surface area contributed by atoms with E-state index in [4.69, 9.17) is 9.47 Å². The number of nitrogens with one attached hydrogen (secondary N) is 1. The Hall–Kier alpha value is -1.94. The van der Waals surface area contributed by atoms with Crippen molar-refractivity contribution >= 4 is 61.2 Å². The summed E-state index contributed by atoms with van der Waals surface area (Å²) in [6.45, 7) is -1.01. The van der Waals surface area contributed by atoms with E-state index in [2.05, 4.69) is 37.2 Å². The molecule has 1 aromatic rings. The van der Waals surface area contributed by atoms with Crippen molar-refractivity contribution in [2.24, 2.45) is 23.7 Å². The van der Waals surface area contributed by atoms with Crippen LogP contribution in [0.1, 0.15) is 6.42 Å². The number of para-hydroxylation sites is 2. The van der Waals surface area contributed by atoms with Gasteiger partial charge in [-0.25, -0.2) is 0 Å². The number of methoxy groups -OCH3 is 1. The average Bonchev–Trinajstić information content (AvgIpc) is 3.33. The first-order valence-electron chi connectivity index (χ1n) is 9.55. The average molecular weight is 544 g/mol. The monoisotopic (exact) mass is 542 g/mol. The molecule has 2 saturated carbocycles. The molecule has 30 heavy (non-hydrogen) atoms. The number of likely N-dealkylation sites (tertiary alicyclic amines) is 1. The Morgan fingerprint density at radius 1 is 1.10 bits per heavy atom. The quantitative estimate of drug-likeness (QED) is 0.334. The highest BCUT2D eigenvalue weighted by molar-refractivity contribution is 9.12. The first-order chi connectivity index (χ1) is 14.3. The number of hydrogen-bond acceptors (Lipinski definition) is 6. The summed E-state index contributed by atoms with van der Waals surface area (Å²) in [4.78, 5) is 51.1. The topological polar surface area (TPSA) is 102 Å². The fourth-order valence-electron chi connectivity index (χ4n) is 4.82. The van der Waals surface area contributed by atoms with E-state index < -0.39 is 25.0 Å². The Morgan fingerprint density at radius 2 is 1.70 bits per heavy atom. The molecule has 2 bridgehead atoms. The minimum absolute atomic E-state index is 0.0773. The minimum Gasteiger partial charge on any atom is -0.495 e. The molecule has 0 radical (unpaired) electrons. The lowest BCUT2D eigenvalue weighted by Gasteiger charge is -2.28. The normalized spacial score (nSPS) is 31.6. The van der Waals surface area contributed by atoms with Crippen LogP contribution >= 0.6 is 31.9 Å². The zero-order valence-corrected chi connectivity index (χ0v) is 19.2. The number of carbonyl (C=O) groups excluding carboxylic acids is 4. The van der Waals surface area contributed by atoms with Gasteiger partial charge in [0.25, 0.3) is 5.91 Å². The van der Waals surface area contributed by atoms with Crippen molar-refractivity contribution in [3.63, 3.8) is 0 Å². The number of esters is 1. The van der Waals surface area contributed by atoms with E-state index in [1.54, 1.807) is 24.3 Å². The van der Waals surface area contributed by atoms with Gasteiger partial charge in [0.1, 0.15) is 12.3 Å². The lowest BCUT2D eigenvalue weighted by molar-refractivity contribution is -0.154. The summed E-state index contributed by atoms with van der Waals surface area (Å²) in [5, 5.41) is 2.59. The Morgan fingerprint density at radius 3 is 2.30 bits per heavy atom. The third-order valence-electron chi connectivity index (χ3n) is 6.11. The van der Waals surface area contributed by atoms with Gasteiger partial charge in [-0.2, -0.15) is 0 Å². The zero-order chi connectivity index (χ0) is 21.6. The maximum Gasteiger partial charge on any atom is 0.326 e. The molecule has 0 aromatic heterocycles. The Bertz CT molecular complexity index is 877. The molecule has 0 unspecified atom stereocenters. The van der Waals surface area contributed by atoms with Gasteiger partial charge in [-0.3, -0.25) is 24.1 Å². The summed E-state index contributed by atoms with van der Waals surface area (Å²) in [7, 11) is 1.48. The van der Waals surface area contributed by atoms with Gasteiger partial charge in [-0.15, -0.1) is 0 Å². The molecule has 0 spiro atoms. The van der Waals surface area contributed by atoms with E-state index >= 15 is 0 Å². The minimum atomic E-state index is -0.801. The van der Waals surface area contributed by atoms with Crippen molar-refractivity contribution in [1.82, 2.24) is 4.90 Å². The van der Waals surface area contributed by atoms with Crippen LogP contribution in [0.15, 0.2) is 24.3 Å². The van der Waals surface area contributed by atoms with Gasteiger partial charge in [0.05, 0.1) is 24.6 Å². The van der Waals surface area contributed by atoms with E-state index in [1.807, 2.05) is 0 Å². The number of halogens is 2. The molecule has 1 saturated heterocycles. The molecule has 1 heterocycles. The van der Waals surface area contributed by atoms with Gasteiger partial charge in [-0.1, -0.05) is 44.0 Å². The van der Waals surface area contributed by atoms with Gasteiger partial charge in [-0.05, 0) is 30.4 Å². The molecule has 2 aliphatic carbocycles. The molecule has 10 heteroatoms. The Labute approximate surface area is 189 Å². The van der Waals surface area contributed by atoms with Crippen LogP contribution < -0.4 is 10.1 Å². The smallest absolute Gasteiger partial charge is 0.326 e. The number of hydrogen-bond donors (Lipinski definition) is 1. The summed E-state index contributed by atoms with van der Waals surface area (Å²) in [5.41, 5.74) is 0.447. The standard InChI is InChI=1S/C20H20Br2N2O6/c1-29-12-5-3-2-4-11(12)23-13(25)8-30-14(26)7-24-19(27)15-9-6-10(16(15)20(24)28)18(22)17(9)21/h2-5,9-10,15-18H,6-8H2,1H3,(H,23,25)/t9-,10-,15-,16-,17-,18+/m1/s1. The Balaban J connectivity index is 1.32. The molecule has 6 atom stereocenters. The third kappa shape index (κ3) is 3.53. The molecule has 3 fully saturated rings. The fraction of sp³-hybridized carbons (Fsp3) is 0.500. The van der Waals surface area contributed by atoms with E-state index in [0.29, 0.717) is 11.4 Å². The van der Waals surface area contributed by atoms with Gasteiger partial charge in [0, 0.05) is 9.65 Å². The van der Waals surface area contributed by atoms with Crippen molar-refractivity contribution in [1.29, 1.82) is 0 Å². The second-order valence-electron chi connectivity index (χ2n) is 7.68. The second kappa shape index (κ2) is 8.30. The van der Waals surface area contributed by atoms with E-state index in [0.717, 1.165) is 11.3 Å². The summed E-state index contributed by atoms with van der Waals surface area (Å²) in [5.74, 6) is -2.14. The van der Waals surface area contributed by atoms with Crippen LogP contribution in [0, 0.1) is 23.7 Å². The molecular formula is C20H20Br2N2O6. The highest BCUT2D eigenvalue weighted by Crippen LogP contribution is 2.60. The van der Waals surface area contributed by atoms with Crippen LogP contribution in [0.25, 0.3) is 0 Å². The summed E-state index contributed by atoms with van der Waals surface area (Å²) >= 11 is 7.24. The van der Waals surface area contributed by atoms with Crippen LogP contribution in [0.4, 0.5) is 5.69 Å². The lowest BCUT2D eigenvalue weighted by atomic mass is 9.81. The van der Waals surface area contributed by atoms with Crippen molar-refractivity contribution in [3.05, 3.63) is 24.3 Å². The van der Waals surface area contributed by atoms with E-state index in [-0.39, 0.29) is 45.1 Å². The van der Waals surface area contributed by atoms with Gasteiger partial charge in [0.15, 0.2) is 6.61 Å². The van der Waals surface area contributed by atoms with Crippen LogP contribution in [0.3, 0.4) is 0 Å². The predicted molar refractivity (Wildman–Crippen MR) is 113 cm³/mol. The van der Waals surface area contributed by atoms with Gasteiger partial charge in [0.2, 0.25) is 11.8 Å². The maximum absolute atomic E-state index is 12.8. The molecule has 8 nitrogen and oxygen atoms in total. The summed E-state index contributed by atoms with van der Waals surface area (Å²) in [6.07, 6.45) is 0.819. The fourth-order valence-corrected chi connectivity index (χ4v) is 6.69. The largest absolute Gasteiger partial charge is 0.495 e. The number of alkyl halides is 2. The number of ether oxygens (including phenoxy) is 2. The Kier molecular flexibility index (Phi) is 5.89. The van der Waals surface area contributed by atoms with Gasteiger partial charge >= 0.3 is 5.97 Å². The van der Waals surface area contributed by atoms with E-state index in [1.165, 1.54) is 7.11 Å². The van der Waals surface area contributed by atoms with Crippen molar-refractivity contribution in [2.75, 3.05) is 25.6 Å². The number of imide groups is 1. The highest BCUT2D eigenvalue weighted by atomic mass is 79.9. The first kappa shape index (κ1) is 21.3. The number of carbonyl (C=O) groups is 4. The van der Waals surface area contributed by atoms with Crippen LogP contribution in [0.2, 0.25) is 0 Å². The first-order valence-corrected chi connectivity index (χ1v) is 11.4. The van der Waals surface area contributed by atoms with Crippen LogP contribution in [-0.4, -0.2) is 58.5 Å². The number of nitrogens with zero attached hydrogens (tertiary/aromatic N) is 1. The molecule has 3 aliphatic rings. The number of rotatable bonds is 6. The number of fused-ring (bicyclic) bond motifs is 5. The van der Waals surface area contributed by atoms with Crippen molar-refractivity contribution < 1.29 is 28.7 Å². The molecular weight excluding hydrogens is 524 g/mol. The number of amides is 3. The van der Waals surface area contributed by atoms with Crippen LogP contribution in [0.5, 0.6) is 5.75 Å². The molecule has 1 aromatic carbocycles. The summed E-state index contributed by atoms with van der Waals surface area (Å²) in [6, 6.07) is 6.83. The molecule has 160 valence electrons. The molecule has 4 rings (SSSR count). The third-order valence-corrected chi connectivity index (χ3v) is 9.32. The molecule has 1 N–H and O–H groups in total. The van der Waals surface area contributed by atoms with Gasteiger partial charge < -0.3 is 14.8 Å². The van der Waals surface area contributed by atoms with E-state index in [9.17, 15) is 19.2 Å². The SMILES string of the molecule is COc1ccccc1NC(=O)COC(=O)CN1C(=O)[C@@H]2[C@H]3C[C@@H]([C@@H](Br)[C@H]3Br)[C@H]2C1=O. The zero-order valence-electron chi connectivity index (χ0n) is 16.0. The lowest BCUT2D eigenvalue weighted by Crippen LogP contribution is -2.38. The summed E-state index contributed by atoms with van der Waals surface area (Å²) < 4.78 is 10.1. The predicted octanol–water partition coefficient (Wildman–Crippen LogP) is 1.95. The maximum atomic E-state index is 12.8. The van der Waals surface area contributed by atoms with Crippen molar-refractivity contribution in [2.45, 2.75) is 16.1 Å². The molecule has 1 aliphatic heterocycles. The molecule has 3 amide bonds. The highest BCUT2D eigenvalue weighted by Gasteiger charge is 2.66. The number of benzene rings is 1.